The molecule has 1 aliphatic rings. The Bertz CT molecular complexity index is 844. The molecule has 0 atom stereocenters. The lowest BCUT2D eigenvalue weighted by Gasteiger charge is -2.12. The van der Waals surface area contributed by atoms with Gasteiger partial charge in [-0.1, -0.05) is 17.2 Å². The standard InChI is InChI=1S/C19H13NO5/c1-2-3-12-24-14-10-8-13(9-11-14)19(23)25-20-17(21)15-6-4-5-7-16(15)18(20)22/h1,4-11H,3,12H2. The van der Waals surface area contributed by atoms with Gasteiger partial charge in [0.2, 0.25) is 0 Å². The number of terminal acetylenes is 1. The number of imide groups is 1. The monoisotopic (exact) mass is 335 g/mol. The maximum atomic E-state index is 12.2. The second-order valence-electron chi connectivity index (χ2n) is 5.16. The van der Waals surface area contributed by atoms with Gasteiger partial charge in [0.1, 0.15) is 5.75 Å². The van der Waals surface area contributed by atoms with E-state index in [2.05, 4.69) is 5.92 Å². The van der Waals surface area contributed by atoms with E-state index in [9.17, 15) is 14.4 Å². The van der Waals surface area contributed by atoms with Gasteiger partial charge in [-0.05, 0) is 36.4 Å². The summed E-state index contributed by atoms with van der Waals surface area (Å²) in [4.78, 5) is 41.5. The van der Waals surface area contributed by atoms with Crippen LogP contribution < -0.4 is 4.74 Å². The summed E-state index contributed by atoms with van der Waals surface area (Å²) in [6.45, 7) is 0.370. The molecule has 0 fully saturated rings. The van der Waals surface area contributed by atoms with Crippen molar-refractivity contribution in [2.24, 2.45) is 0 Å². The van der Waals surface area contributed by atoms with Crippen LogP contribution in [0.3, 0.4) is 0 Å². The van der Waals surface area contributed by atoms with Crippen molar-refractivity contribution < 1.29 is 24.0 Å². The molecule has 0 radical (unpaired) electrons. The molecule has 25 heavy (non-hydrogen) atoms. The van der Waals surface area contributed by atoms with Crippen LogP contribution in [-0.4, -0.2) is 29.5 Å². The summed E-state index contributed by atoms with van der Waals surface area (Å²) in [5.41, 5.74) is 0.593. The van der Waals surface area contributed by atoms with Crippen LogP contribution in [-0.2, 0) is 4.84 Å². The Morgan fingerprint density at radius 2 is 1.60 bits per heavy atom. The number of benzene rings is 2. The Balaban J connectivity index is 1.68. The van der Waals surface area contributed by atoms with Gasteiger partial charge in [-0.15, -0.1) is 12.3 Å². The minimum Gasteiger partial charge on any atom is -0.493 e. The van der Waals surface area contributed by atoms with Crippen LogP contribution in [0.1, 0.15) is 37.5 Å². The first-order valence-corrected chi connectivity index (χ1v) is 7.48. The van der Waals surface area contributed by atoms with Gasteiger partial charge < -0.3 is 9.57 Å². The van der Waals surface area contributed by atoms with Gasteiger partial charge in [0.25, 0.3) is 11.8 Å². The number of fused-ring (bicyclic) bond motifs is 1. The summed E-state index contributed by atoms with van der Waals surface area (Å²) in [6, 6.07) is 12.4. The molecular weight excluding hydrogens is 322 g/mol. The van der Waals surface area contributed by atoms with Gasteiger partial charge in [0, 0.05) is 6.42 Å². The molecule has 6 nitrogen and oxygen atoms in total. The molecule has 2 aromatic carbocycles. The van der Waals surface area contributed by atoms with Crippen molar-refractivity contribution in [1.82, 2.24) is 5.06 Å². The summed E-state index contributed by atoms with van der Waals surface area (Å²) in [5.74, 6) is 0.861. The fourth-order valence-corrected chi connectivity index (χ4v) is 2.30. The fourth-order valence-electron chi connectivity index (χ4n) is 2.30. The minimum atomic E-state index is -0.815. The second-order valence-corrected chi connectivity index (χ2v) is 5.16. The van der Waals surface area contributed by atoms with Crippen LogP contribution in [0.2, 0.25) is 0 Å². The van der Waals surface area contributed by atoms with E-state index in [1.165, 1.54) is 24.3 Å². The molecule has 0 spiro atoms. The van der Waals surface area contributed by atoms with Crippen molar-refractivity contribution in [1.29, 1.82) is 0 Å². The summed E-state index contributed by atoms with van der Waals surface area (Å²) < 4.78 is 5.38. The molecule has 3 rings (SSSR count). The maximum Gasteiger partial charge on any atom is 0.363 e. The lowest BCUT2D eigenvalue weighted by atomic mass is 10.1. The predicted octanol–water partition coefficient (Wildman–Crippen LogP) is 2.46. The highest BCUT2D eigenvalue weighted by Gasteiger charge is 2.38. The Labute approximate surface area is 143 Å². The van der Waals surface area contributed by atoms with E-state index in [4.69, 9.17) is 16.0 Å². The minimum absolute atomic E-state index is 0.181. The average Bonchev–Trinajstić information content (AvgIpc) is 2.88. The topological polar surface area (TPSA) is 72.9 Å². The Morgan fingerprint density at radius 1 is 1.00 bits per heavy atom. The molecule has 1 heterocycles. The Kier molecular flexibility index (Phi) is 4.48. The van der Waals surface area contributed by atoms with Crippen molar-refractivity contribution in [3.05, 3.63) is 65.2 Å². The number of rotatable bonds is 5. The molecule has 0 unspecified atom stereocenters. The molecular formula is C19H13NO5. The predicted molar refractivity (Wildman–Crippen MR) is 87.7 cm³/mol. The molecule has 0 bridgehead atoms. The number of nitrogens with zero attached hydrogens (tertiary/aromatic N) is 1. The molecule has 0 N–H and O–H groups in total. The highest BCUT2D eigenvalue weighted by Crippen LogP contribution is 2.23. The van der Waals surface area contributed by atoms with E-state index in [0.717, 1.165) is 0 Å². The van der Waals surface area contributed by atoms with E-state index in [0.29, 0.717) is 23.8 Å². The average molecular weight is 335 g/mol. The van der Waals surface area contributed by atoms with E-state index >= 15 is 0 Å². The molecule has 0 aliphatic carbocycles. The van der Waals surface area contributed by atoms with E-state index in [1.54, 1.807) is 24.3 Å². The largest absolute Gasteiger partial charge is 0.493 e. The van der Waals surface area contributed by atoms with Gasteiger partial charge in [-0.2, -0.15) is 0 Å². The summed E-state index contributed by atoms with van der Waals surface area (Å²) in [6.07, 6.45) is 5.61. The lowest BCUT2D eigenvalue weighted by Crippen LogP contribution is -2.32. The van der Waals surface area contributed by atoms with Crippen LogP contribution in [0.5, 0.6) is 5.75 Å². The molecule has 0 saturated carbocycles. The Hall–Kier alpha value is -3.59. The number of ether oxygens (including phenoxy) is 1. The summed E-state index contributed by atoms with van der Waals surface area (Å²) in [7, 11) is 0. The SMILES string of the molecule is C#CCCOc1ccc(C(=O)ON2C(=O)c3ccccc3C2=O)cc1. The number of carbonyl (C=O) groups excluding carboxylic acids is 3. The van der Waals surface area contributed by atoms with Crippen LogP contribution in [0.15, 0.2) is 48.5 Å². The van der Waals surface area contributed by atoms with Crippen molar-refractivity contribution in [2.45, 2.75) is 6.42 Å². The quantitative estimate of drug-likeness (QED) is 0.477. The van der Waals surface area contributed by atoms with Gasteiger partial charge in [0.05, 0.1) is 23.3 Å². The van der Waals surface area contributed by atoms with Crippen molar-refractivity contribution in [2.75, 3.05) is 6.61 Å². The molecule has 1 aliphatic heterocycles. The highest BCUT2D eigenvalue weighted by atomic mass is 16.7. The zero-order chi connectivity index (χ0) is 17.8. The third-order valence-electron chi connectivity index (χ3n) is 3.54. The zero-order valence-corrected chi connectivity index (χ0v) is 13.1. The van der Waals surface area contributed by atoms with E-state index in [1.807, 2.05) is 0 Å². The molecule has 2 amide bonds. The summed E-state index contributed by atoms with van der Waals surface area (Å²) in [5, 5.41) is 0.477. The van der Waals surface area contributed by atoms with Gasteiger partial charge in [-0.25, -0.2) is 4.79 Å². The number of hydroxylamine groups is 2. The van der Waals surface area contributed by atoms with E-state index in [-0.39, 0.29) is 16.7 Å². The molecule has 6 heteroatoms. The first-order chi connectivity index (χ1) is 12.1. The summed E-state index contributed by atoms with van der Waals surface area (Å²) >= 11 is 0. The van der Waals surface area contributed by atoms with Gasteiger partial charge >= 0.3 is 5.97 Å². The third kappa shape index (κ3) is 3.21. The zero-order valence-electron chi connectivity index (χ0n) is 13.1. The van der Waals surface area contributed by atoms with Crippen LogP contribution in [0, 0.1) is 12.3 Å². The third-order valence-corrected chi connectivity index (χ3v) is 3.54. The molecule has 0 aromatic heterocycles. The van der Waals surface area contributed by atoms with Gasteiger partial charge in [0.15, 0.2) is 0 Å². The van der Waals surface area contributed by atoms with Crippen molar-refractivity contribution >= 4 is 17.8 Å². The van der Waals surface area contributed by atoms with Crippen molar-refractivity contribution in [3.8, 4) is 18.1 Å². The molecule has 124 valence electrons. The normalized spacial score (nSPS) is 12.5. The molecule has 2 aromatic rings. The van der Waals surface area contributed by atoms with Crippen molar-refractivity contribution in [3.63, 3.8) is 0 Å². The number of amides is 2. The number of hydrogen-bond donors (Lipinski definition) is 0. The first-order valence-electron chi connectivity index (χ1n) is 7.48. The van der Waals surface area contributed by atoms with Gasteiger partial charge in [-0.3, -0.25) is 9.59 Å². The van der Waals surface area contributed by atoms with Crippen LogP contribution in [0.25, 0.3) is 0 Å². The maximum absolute atomic E-state index is 12.2. The first kappa shape index (κ1) is 16.3. The van der Waals surface area contributed by atoms with Crippen LogP contribution >= 0.6 is 0 Å². The van der Waals surface area contributed by atoms with E-state index < -0.39 is 17.8 Å². The molecule has 0 saturated heterocycles. The fraction of sp³-hybridized carbons (Fsp3) is 0.105. The number of hydrogen-bond acceptors (Lipinski definition) is 5. The second kappa shape index (κ2) is 6.89. The van der Waals surface area contributed by atoms with Crippen LogP contribution in [0.4, 0.5) is 0 Å². The lowest BCUT2D eigenvalue weighted by molar-refractivity contribution is -0.0584. The smallest absolute Gasteiger partial charge is 0.363 e. The highest BCUT2D eigenvalue weighted by molar-refractivity contribution is 6.21. The number of carbonyl (C=O) groups is 3. The Morgan fingerprint density at radius 3 is 2.16 bits per heavy atom.